The number of thiophene rings is 1. The summed E-state index contributed by atoms with van der Waals surface area (Å²) in [5.41, 5.74) is 2.09. The SMILES string of the molecule is COCCCN(CC(=O)N1CCc2sccc2[C@H]1COc1ccc(Cl)c(C)c1)C(=O)C1CC1. The van der Waals surface area contributed by atoms with Gasteiger partial charge < -0.3 is 19.3 Å². The van der Waals surface area contributed by atoms with Gasteiger partial charge in [0.05, 0.1) is 12.6 Å². The van der Waals surface area contributed by atoms with Crippen molar-refractivity contribution in [1.82, 2.24) is 9.80 Å². The van der Waals surface area contributed by atoms with Crippen molar-refractivity contribution >= 4 is 34.8 Å². The van der Waals surface area contributed by atoms with Crippen LogP contribution in [0.1, 0.15) is 41.3 Å². The molecule has 178 valence electrons. The molecule has 1 atom stereocenters. The summed E-state index contributed by atoms with van der Waals surface area (Å²) in [6, 6.07) is 7.50. The number of carbonyl (C=O) groups excluding carboxylic acids is 2. The molecule has 0 bridgehead atoms. The van der Waals surface area contributed by atoms with E-state index in [9.17, 15) is 9.59 Å². The first kappa shape index (κ1) is 24.0. The van der Waals surface area contributed by atoms with Crippen LogP contribution in [0.5, 0.6) is 5.75 Å². The van der Waals surface area contributed by atoms with Crippen molar-refractivity contribution in [2.24, 2.45) is 5.92 Å². The molecule has 2 amide bonds. The molecule has 8 heteroatoms. The Balaban J connectivity index is 1.47. The van der Waals surface area contributed by atoms with E-state index in [0.717, 1.165) is 42.6 Å². The van der Waals surface area contributed by atoms with Crippen molar-refractivity contribution in [3.63, 3.8) is 0 Å². The molecule has 1 aliphatic carbocycles. The highest BCUT2D eigenvalue weighted by Gasteiger charge is 2.37. The molecule has 0 spiro atoms. The summed E-state index contributed by atoms with van der Waals surface area (Å²) in [5, 5.41) is 2.78. The Morgan fingerprint density at radius 1 is 1.27 bits per heavy atom. The minimum atomic E-state index is -0.180. The van der Waals surface area contributed by atoms with E-state index in [-0.39, 0.29) is 30.3 Å². The van der Waals surface area contributed by atoms with Gasteiger partial charge in [-0.1, -0.05) is 11.6 Å². The zero-order valence-electron chi connectivity index (χ0n) is 19.2. The molecule has 1 saturated carbocycles. The average molecular weight is 491 g/mol. The lowest BCUT2D eigenvalue weighted by atomic mass is 10.0. The standard InChI is InChI=1S/C25H31ClN2O4S/c1-17-14-19(6-7-21(17)26)32-16-22-20-9-13-33-23(20)8-11-28(22)24(29)15-27(10-3-12-31-2)25(30)18-4-5-18/h6-7,9,13-14,18,22H,3-5,8,10-12,15-16H2,1-2H3/t22-/m1/s1. The second-order valence-corrected chi connectivity index (χ2v) is 10.2. The third-order valence-corrected chi connectivity index (χ3v) is 7.71. The molecule has 2 aromatic rings. The molecule has 0 radical (unpaired) electrons. The third-order valence-electron chi connectivity index (χ3n) is 6.29. The summed E-state index contributed by atoms with van der Waals surface area (Å²) in [4.78, 5) is 31.2. The van der Waals surface area contributed by atoms with Crippen LogP contribution in [0.4, 0.5) is 0 Å². The van der Waals surface area contributed by atoms with Crippen LogP contribution in [0, 0.1) is 12.8 Å². The number of benzene rings is 1. The van der Waals surface area contributed by atoms with Crippen LogP contribution in [-0.2, 0) is 20.7 Å². The van der Waals surface area contributed by atoms with Crippen LogP contribution in [0.3, 0.4) is 0 Å². The Hall–Kier alpha value is -2.09. The highest BCUT2D eigenvalue weighted by atomic mass is 35.5. The lowest BCUT2D eigenvalue weighted by Gasteiger charge is -2.37. The van der Waals surface area contributed by atoms with Crippen molar-refractivity contribution in [2.75, 3.05) is 40.0 Å². The van der Waals surface area contributed by atoms with E-state index < -0.39 is 0 Å². The molecule has 0 saturated heterocycles. The highest BCUT2D eigenvalue weighted by Crippen LogP contribution is 2.35. The fraction of sp³-hybridized carbons (Fsp3) is 0.520. The lowest BCUT2D eigenvalue weighted by Crippen LogP contribution is -2.48. The maximum atomic E-state index is 13.5. The van der Waals surface area contributed by atoms with E-state index in [4.69, 9.17) is 21.1 Å². The predicted octanol–water partition coefficient (Wildman–Crippen LogP) is 4.49. The van der Waals surface area contributed by atoms with Crippen molar-refractivity contribution < 1.29 is 19.1 Å². The van der Waals surface area contributed by atoms with E-state index in [2.05, 4.69) is 11.4 Å². The summed E-state index contributed by atoms with van der Waals surface area (Å²) in [6.07, 6.45) is 3.40. The number of aryl methyl sites for hydroxylation is 1. The van der Waals surface area contributed by atoms with Gasteiger partial charge in [-0.05, 0) is 73.4 Å². The summed E-state index contributed by atoms with van der Waals surface area (Å²) >= 11 is 7.87. The number of nitrogens with zero attached hydrogens (tertiary/aromatic N) is 2. The molecule has 1 aromatic heterocycles. The van der Waals surface area contributed by atoms with Gasteiger partial charge in [0.15, 0.2) is 0 Å². The van der Waals surface area contributed by atoms with Crippen LogP contribution >= 0.6 is 22.9 Å². The van der Waals surface area contributed by atoms with Crippen LogP contribution in [-0.4, -0.2) is 61.6 Å². The van der Waals surface area contributed by atoms with Gasteiger partial charge in [-0.25, -0.2) is 0 Å². The maximum absolute atomic E-state index is 13.5. The average Bonchev–Trinajstić information content (AvgIpc) is 3.55. The number of hydrogen-bond donors (Lipinski definition) is 0. The van der Waals surface area contributed by atoms with Crippen LogP contribution in [0.25, 0.3) is 0 Å². The number of ether oxygens (including phenoxy) is 2. The zero-order chi connectivity index (χ0) is 23.4. The number of hydrogen-bond acceptors (Lipinski definition) is 5. The Morgan fingerprint density at radius 2 is 2.09 bits per heavy atom. The number of amides is 2. The van der Waals surface area contributed by atoms with Gasteiger partial charge >= 0.3 is 0 Å². The molecule has 0 unspecified atom stereocenters. The molecule has 4 rings (SSSR count). The predicted molar refractivity (Wildman–Crippen MR) is 130 cm³/mol. The Labute approximate surface area is 204 Å². The van der Waals surface area contributed by atoms with E-state index in [1.807, 2.05) is 30.0 Å². The van der Waals surface area contributed by atoms with Gasteiger partial charge in [-0.15, -0.1) is 11.3 Å². The zero-order valence-corrected chi connectivity index (χ0v) is 20.8. The molecular formula is C25H31ClN2O4S. The van der Waals surface area contributed by atoms with E-state index in [1.54, 1.807) is 23.3 Å². The van der Waals surface area contributed by atoms with Crippen LogP contribution in [0.2, 0.25) is 5.02 Å². The van der Waals surface area contributed by atoms with Gasteiger partial charge in [0.2, 0.25) is 11.8 Å². The molecule has 33 heavy (non-hydrogen) atoms. The van der Waals surface area contributed by atoms with Crippen LogP contribution in [0.15, 0.2) is 29.6 Å². The third kappa shape index (κ3) is 5.89. The van der Waals surface area contributed by atoms with Crippen molar-refractivity contribution in [1.29, 1.82) is 0 Å². The monoisotopic (exact) mass is 490 g/mol. The number of rotatable bonds is 10. The van der Waals surface area contributed by atoms with Crippen molar-refractivity contribution in [3.8, 4) is 5.75 Å². The fourth-order valence-corrected chi connectivity index (χ4v) is 5.31. The van der Waals surface area contributed by atoms with Crippen molar-refractivity contribution in [3.05, 3.63) is 50.7 Å². The normalized spacial score (nSPS) is 17.5. The maximum Gasteiger partial charge on any atom is 0.242 e. The van der Waals surface area contributed by atoms with Gasteiger partial charge in [-0.2, -0.15) is 0 Å². The molecular weight excluding hydrogens is 460 g/mol. The molecule has 1 aromatic carbocycles. The summed E-state index contributed by atoms with van der Waals surface area (Å²) < 4.78 is 11.3. The smallest absolute Gasteiger partial charge is 0.242 e. The summed E-state index contributed by atoms with van der Waals surface area (Å²) in [7, 11) is 1.65. The first-order valence-electron chi connectivity index (χ1n) is 11.5. The number of halogens is 1. The van der Waals surface area contributed by atoms with Crippen LogP contribution < -0.4 is 4.74 Å². The quantitative estimate of drug-likeness (QED) is 0.460. The first-order chi connectivity index (χ1) is 16.0. The number of carbonyl (C=O) groups is 2. The largest absolute Gasteiger partial charge is 0.491 e. The van der Waals surface area contributed by atoms with Crippen molar-refractivity contribution in [2.45, 2.75) is 38.6 Å². The minimum absolute atomic E-state index is 0.0286. The Bertz CT molecular complexity index is 991. The van der Waals surface area contributed by atoms with Gasteiger partial charge in [0.25, 0.3) is 0 Å². The fourth-order valence-electron chi connectivity index (χ4n) is 4.27. The second kappa shape index (κ2) is 10.9. The van der Waals surface area contributed by atoms with E-state index >= 15 is 0 Å². The van der Waals surface area contributed by atoms with Gasteiger partial charge in [0, 0.05) is 42.6 Å². The van der Waals surface area contributed by atoms with E-state index in [0.29, 0.717) is 31.3 Å². The summed E-state index contributed by atoms with van der Waals surface area (Å²) in [5.74, 6) is 0.880. The molecule has 1 aliphatic heterocycles. The number of methoxy groups -OCH3 is 1. The van der Waals surface area contributed by atoms with Gasteiger partial charge in [0.1, 0.15) is 12.4 Å². The topological polar surface area (TPSA) is 59.1 Å². The summed E-state index contributed by atoms with van der Waals surface area (Å²) in [6.45, 7) is 4.15. The molecule has 1 fully saturated rings. The lowest BCUT2D eigenvalue weighted by molar-refractivity contribution is -0.143. The second-order valence-electron chi connectivity index (χ2n) is 8.75. The molecule has 2 heterocycles. The first-order valence-corrected chi connectivity index (χ1v) is 12.8. The molecule has 0 N–H and O–H groups in total. The number of fused-ring (bicyclic) bond motifs is 1. The Morgan fingerprint density at radius 3 is 2.82 bits per heavy atom. The van der Waals surface area contributed by atoms with Gasteiger partial charge in [-0.3, -0.25) is 9.59 Å². The molecule has 2 aliphatic rings. The molecule has 6 nitrogen and oxygen atoms in total. The highest BCUT2D eigenvalue weighted by molar-refractivity contribution is 7.10. The Kier molecular flexibility index (Phi) is 7.94. The minimum Gasteiger partial charge on any atom is -0.491 e. The van der Waals surface area contributed by atoms with E-state index in [1.165, 1.54) is 4.88 Å².